The van der Waals surface area contributed by atoms with E-state index in [4.69, 9.17) is 31.4 Å². The molecular weight excluding hydrogens is 495 g/mol. The Hall–Kier alpha value is -2.96. The number of ether oxygens (including phenoxy) is 3. The summed E-state index contributed by atoms with van der Waals surface area (Å²) in [7, 11) is 0. The van der Waals surface area contributed by atoms with Crippen LogP contribution in [0.5, 0.6) is 0 Å². The Morgan fingerprint density at radius 3 is 2.51 bits per heavy atom. The minimum absolute atomic E-state index is 0.302. The van der Waals surface area contributed by atoms with E-state index in [1.807, 2.05) is 19.1 Å². The van der Waals surface area contributed by atoms with Crippen LogP contribution in [0.1, 0.15) is 19.0 Å². The number of halogens is 1. The van der Waals surface area contributed by atoms with Crippen LogP contribution in [0.3, 0.4) is 0 Å². The topological polar surface area (TPSA) is 96.6 Å². The molecule has 3 N–H and O–H groups in total. The highest BCUT2D eigenvalue weighted by atomic mass is 32.1. The number of rotatable bonds is 7. The molecule has 5 rings (SSSR count). The zero-order valence-corrected chi connectivity index (χ0v) is 21.5. The van der Waals surface area contributed by atoms with E-state index in [0.29, 0.717) is 29.8 Å². The van der Waals surface area contributed by atoms with Gasteiger partial charge in [-0.25, -0.2) is 9.37 Å². The van der Waals surface area contributed by atoms with Gasteiger partial charge in [0.15, 0.2) is 10.9 Å². The second-order valence-corrected chi connectivity index (χ2v) is 9.85. The van der Waals surface area contributed by atoms with Gasteiger partial charge in [0.2, 0.25) is 6.29 Å². The summed E-state index contributed by atoms with van der Waals surface area (Å²) in [6.07, 6.45) is 2.76. The standard InChI is InChI=1S/C26H31FN6O3S/c1-26(32-25(37)29-10-11-33-12-14-34-15-13-33)16-35-24(36-17-26)23-30-21(18-2-4-20(27)5-3-18)22(31-23)19-6-8-28-9-7-19/h2-9,24H,10-17H2,1H3,(H,30,31)(H2,29,32,37). The largest absolute Gasteiger partial charge is 0.379 e. The van der Waals surface area contributed by atoms with Crippen molar-refractivity contribution >= 4 is 17.3 Å². The van der Waals surface area contributed by atoms with Crippen LogP contribution in [0.15, 0.2) is 48.8 Å². The monoisotopic (exact) mass is 526 g/mol. The Bertz CT molecular complexity index is 1180. The van der Waals surface area contributed by atoms with Crippen LogP contribution in [0.25, 0.3) is 22.5 Å². The molecule has 0 unspecified atom stereocenters. The molecule has 196 valence electrons. The lowest BCUT2D eigenvalue weighted by Crippen LogP contribution is -2.58. The molecule has 0 saturated carbocycles. The predicted molar refractivity (Wildman–Crippen MR) is 141 cm³/mol. The maximum atomic E-state index is 13.5. The molecule has 1 aromatic carbocycles. The Kier molecular flexibility index (Phi) is 8.06. The van der Waals surface area contributed by atoms with Gasteiger partial charge in [-0.3, -0.25) is 9.88 Å². The first-order valence-corrected chi connectivity index (χ1v) is 12.8. The van der Waals surface area contributed by atoms with Gasteiger partial charge in [-0.05, 0) is 55.5 Å². The average molecular weight is 527 g/mol. The van der Waals surface area contributed by atoms with Crippen molar-refractivity contribution in [1.82, 2.24) is 30.5 Å². The number of imidazole rings is 1. The minimum atomic E-state index is -0.674. The maximum Gasteiger partial charge on any atom is 0.217 e. The fourth-order valence-electron chi connectivity index (χ4n) is 4.36. The molecule has 4 heterocycles. The minimum Gasteiger partial charge on any atom is -0.379 e. The SMILES string of the molecule is CC1(NC(=S)NCCN2CCOCC2)COC(c2nc(-c3ccc(F)cc3)c(-c3ccncc3)[nH]2)OC1. The maximum absolute atomic E-state index is 13.5. The van der Waals surface area contributed by atoms with E-state index in [2.05, 4.69) is 25.5 Å². The van der Waals surface area contributed by atoms with Crippen LogP contribution in [-0.4, -0.2) is 83.1 Å². The molecule has 2 saturated heterocycles. The van der Waals surface area contributed by atoms with Crippen LogP contribution in [-0.2, 0) is 14.2 Å². The van der Waals surface area contributed by atoms with E-state index in [-0.39, 0.29) is 5.82 Å². The zero-order valence-electron chi connectivity index (χ0n) is 20.7. The number of benzene rings is 1. The van der Waals surface area contributed by atoms with Gasteiger partial charge < -0.3 is 29.8 Å². The summed E-state index contributed by atoms with van der Waals surface area (Å²) < 4.78 is 31.1. The fourth-order valence-corrected chi connectivity index (χ4v) is 4.71. The lowest BCUT2D eigenvalue weighted by atomic mass is 10.1. The van der Waals surface area contributed by atoms with Gasteiger partial charge in [0.1, 0.15) is 5.82 Å². The number of nitrogens with one attached hydrogen (secondary N) is 3. The van der Waals surface area contributed by atoms with Crippen LogP contribution in [0, 0.1) is 5.82 Å². The molecule has 11 heteroatoms. The number of thiocarbonyl (C=S) groups is 1. The summed E-state index contributed by atoms with van der Waals surface area (Å²) in [6.45, 7) is 7.87. The summed E-state index contributed by atoms with van der Waals surface area (Å²) in [5.74, 6) is 0.239. The van der Waals surface area contributed by atoms with Crippen molar-refractivity contribution in [3.63, 3.8) is 0 Å². The quantitative estimate of drug-likeness (QED) is 0.402. The Balaban J connectivity index is 1.21. The Morgan fingerprint density at radius 2 is 1.81 bits per heavy atom. The van der Waals surface area contributed by atoms with Gasteiger partial charge >= 0.3 is 0 Å². The normalized spacial score (nSPS) is 22.5. The van der Waals surface area contributed by atoms with E-state index in [1.54, 1.807) is 24.5 Å². The number of aromatic nitrogens is 3. The fraction of sp³-hybridized carbons (Fsp3) is 0.423. The molecule has 0 spiro atoms. The zero-order chi connectivity index (χ0) is 25.7. The number of hydrogen-bond acceptors (Lipinski definition) is 7. The summed E-state index contributed by atoms with van der Waals surface area (Å²) in [5.41, 5.74) is 2.68. The molecule has 3 aromatic rings. The van der Waals surface area contributed by atoms with Gasteiger partial charge in [0, 0.05) is 49.7 Å². The summed E-state index contributed by atoms with van der Waals surface area (Å²) in [6, 6.07) is 10.0. The Labute approximate surface area is 220 Å². The number of hydrogen-bond donors (Lipinski definition) is 3. The molecule has 2 aromatic heterocycles. The van der Waals surface area contributed by atoms with Gasteiger partial charge in [-0.15, -0.1) is 0 Å². The molecule has 0 atom stereocenters. The molecular formula is C26H31FN6O3S. The summed E-state index contributed by atoms with van der Waals surface area (Å²) in [4.78, 5) is 14.6. The van der Waals surface area contributed by atoms with E-state index < -0.39 is 11.8 Å². The van der Waals surface area contributed by atoms with Crippen molar-refractivity contribution in [1.29, 1.82) is 0 Å². The highest BCUT2D eigenvalue weighted by molar-refractivity contribution is 7.80. The second-order valence-electron chi connectivity index (χ2n) is 9.44. The summed E-state index contributed by atoms with van der Waals surface area (Å²) >= 11 is 5.51. The first kappa shape index (κ1) is 25.7. The first-order valence-electron chi connectivity index (χ1n) is 12.3. The number of H-pyrrole nitrogens is 1. The lowest BCUT2D eigenvalue weighted by Gasteiger charge is -2.38. The molecule has 0 radical (unpaired) electrons. The number of nitrogens with zero attached hydrogens (tertiary/aromatic N) is 3. The van der Waals surface area contributed by atoms with Crippen molar-refractivity contribution in [2.75, 3.05) is 52.6 Å². The third-order valence-electron chi connectivity index (χ3n) is 6.37. The van der Waals surface area contributed by atoms with Gasteiger partial charge in [-0.2, -0.15) is 0 Å². The highest BCUT2D eigenvalue weighted by Gasteiger charge is 2.35. The van der Waals surface area contributed by atoms with Gasteiger partial charge in [-0.1, -0.05) is 0 Å². The van der Waals surface area contributed by atoms with Crippen molar-refractivity contribution in [3.05, 3.63) is 60.4 Å². The number of aromatic amines is 1. The van der Waals surface area contributed by atoms with Gasteiger partial charge in [0.25, 0.3) is 0 Å². The smallest absolute Gasteiger partial charge is 0.217 e. The average Bonchev–Trinajstić information content (AvgIpc) is 3.36. The molecule has 0 bridgehead atoms. The Morgan fingerprint density at radius 1 is 1.11 bits per heavy atom. The molecule has 2 aliphatic rings. The highest BCUT2D eigenvalue weighted by Crippen LogP contribution is 2.34. The van der Waals surface area contributed by atoms with Crippen molar-refractivity contribution in [2.45, 2.75) is 18.8 Å². The van der Waals surface area contributed by atoms with E-state index in [0.717, 1.165) is 56.2 Å². The third kappa shape index (κ3) is 6.49. The molecule has 2 fully saturated rings. The van der Waals surface area contributed by atoms with E-state index in [1.165, 1.54) is 12.1 Å². The first-order chi connectivity index (χ1) is 18.0. The van der Waals surface area contributed by atoms with Crippen molar-refractivity contribution in [2.24, 2.45) is 0 Å². The number of morpholine rings is 1. The van der Waals surface area contributed by atoms with E-state index >= 15 is 0 Å². The van der Waals surface area contributed by atoms with Gasteiger partial charge in [0.05, 0.1) is 43.4 Å². The van der Waals surface area contributed by atoms with Crippen molar-refractivity contribution < 1.29 is 18.6 Å². The van der Waals surface area contributed by atoms with Crippen LogP contribution >= 0.6 is 12.2 Å². The lowest BCUT2D eigenvalue weighted by molar-refractivity contribution is -0.215. The summed E-state index contributed by atoms with van der Waals surface area (Å²) in [5, 5.41) is 7.17. The molecule has 9 nitrogen and oxygen atoms in total. The number of pyridine rings is 1. The third-order valence-corrected chi connectivity index (χ3v) is 6.62. The van der Waals surface area contributed by atoms with E-state index in [9.17, 15) is 4.39 Å². The van der Waals surface area contributed by atoms with Crippen LogP contribution in [0.2, 0.25) is 0 Å². The van der Waals surface area contributed by atoms with Crippen LogP contribution < -0.4 is 10.6 Å². The van der Waals surface area contributed by atoms with Crippen molar-refractivity contribution in [3.8, 4) is 22.5 Å². The molecule has 2 aliphatic heterocycles. The molecule has 0 amide bonds. The molecule has 0 aliphatic carbocycles. The van der Waals surface area contributed by atoms with Crippen LogP contribution in [0.4, 0.5) is 4.39 Å². The molecule has 37 heavy (non-hydrogen) atoms. The second kappa shape index (κ2) is 11.6. The predicted octanol–water partition coefficient (Wildman–Crippen LogP) is 2.88.